The molecule has 0 fully saturated rings. The van der Waals surface area contributed by atoms with Crippen LogP contribution in [0.4, 0.5) is 13.2 Å². The summed E-state index contributed by atoms with van der Waals surface area (Å²) in [6.07, 6.45) is -4.38. The van der Waals surface area contributed by atoms with E-state index < -0.39 is 16.6 Å². The minimum Gasteiger partial charge on any atom is -0.166 e. The fourth-order valence-electron chi connectivity index (χ4n) is 2.22. The zero-order chi connectivity index (χ0) is 15.8. The van der Waals surface area contributed by atoms with E-state index in [2.05, 4.69) is 15.9 Å². The molecular formula is C16H13BrClF3. The molecule has 21 heavy (non-hydrogen) atoms. The van der Waals surface area contributed by atoms with Crippen molar-refractivity contribution in [1.29, 1.82) is 0 Å². The number of halogens is 5. The average molecular weight is 378 g/mol. The molecule has 0 heterocycles. The fourth-order valence-corrected chi connectivity index (χ4v) is 3.33. The lowest BCUT2D eigenvalue weighted by atomic mass is 9.95. The Morgan fingerprint density at radius 1 is 1.00 bits per heavy atom. The molecule has 2 aromatic carbocycles. The maximum Gasteiger partial charge on any atom is 0.416 e. The highest BCUT2D eigenvalue weighted by Crippen LogP contribution is 2.41. The van der Waals surface area contributed by atoms with E-state index in [9.17, 15) is 13.2 Å². The third-order valence-electron chi connectivity index (χ3n) is 3.36. The first-order valence-corrected chi connectivity index (χ1v) is 7.58. The Kier molecular flexibility index (Phi) is 4.69. The van der Waals surface area contributed by atoms with Crippen LogP contribution in [0.5, 0.6) is 0 Å². The molecule has 1 unspecified atom stereocenters. The molecule has 2 aromatic rings. The average Bonchev–Trinajstić information content (AvgIpc) is 2.41. The van der Waals surface area contributed by atoms with Crippen molar-refractivity contribution >= 4 is 27.5 Å². The largest absolute Gasteiger partial charge is 0.416 e. The second kappa shape index (κ2) is 6.01. The molecule has 5 heteroatoms. The molecule has 0 spiro atoms. The van der Waals surface area contributed by atoms with Gasteiger partial charge in [-0.3, -0.25) is 0 Å². The number of hydrogen-bond donors (Lipinski definition) is 0. The van der Waals surface area contributed by atoms with Crippen LogP contribution in [0, 0.1) is 13.8 Å². The highest BCUT2D eigenvalue weighted by molar-refractivity contribution is 9.09. The second-order valence-electron chi connectivity index (χ2n) is 4.91. The van der Waals surface area contributed by atoms with Crippen molar-refractivity contribution in [3.63, 3.8) is 0 Å². The Balaban J connectivity index is 2.56. The van der Waals surface area contributed by atoms with Crippen LogP contribution in [0.1, 0.15) is 32.6 Å². The molecule has 0 saturated carbocycles. The normalized spacial score (nSPS) is 13.3. The van der Waals surface area contributed by atoms with Gasteiger partial charge in [0.2, 0.25) is 0 Å². The highest BCUT2D eigenvalue weighted by atomic mass is 79.9. The van der Waals surface area contributed by atoms with E-state index in [-0.39, 0.29) is 5.56 Å². The van der Waals surface area contributed by atoms with Gasteiger partial charge in [-0.2, -0.15) is 13.2 Å². The van der Waals surface area contributed by atoms with Gasteiger partial charge in [0.05, 0.1) is 10.4 Å². The molecule has 0 saturated heterocycles. The van der Waals surface area contributed by atoms with E-state index in [4.69, 9.17) is 11.6 Å². The van der Waals surface area contributed by atoms with Gasteiger partial charge in [0.15, 0.2) is 0 Å². The number of hydrogen-bond acceptors (Lipinski definition) is 0. The van der Waals surface area contributed by atoms with E-state index in [0.717, 1.165) is 22.8 Å². The Hall–Kier alpha value is -1.00. The minimum absolute atomic E-state index is 0.204. The SMILES string of the molecule is Cc1cc(C(Br)c2ccccc2C(F)(F)F)c(C)cc1Cl. The molecule has 0 bridgehead atoms. The Labute approximate surface area is 135 Å². The van der Waals surface area contributed by atoms with E-state index in [1.54, 1.807) is 12.1 Å². The summed E-state index contributed by atoms with van der Waals surface area (Å²) in [6.45, 7) is 3.67. The molecule has 0 N–H and O–H groups in total. The molecule has 0 aliphatic heterocycles. The first-order chi connectivity index (χ1) is 9.71. The van der Waals surface area contributed by atoms with Crippen molar-refractivity contribution in [1.82, 2.24) is 0 Å². The van der Waals surface area contributed by atoms with Gasteiger partial charge in [-0.1, -0.05) is 51.8 Å². The molecule has 2 rings (SSSR count). The van der Waals surface area contributed by atoms with Crippen molar-refractivity contribution in [2.45, 2.75) is 24.9 Å². The molecule has 0 amide bonds. The topological polar surface area (TPSA) is 0 Å². The third-order valence-corrected chi connectivity index (χ3v) is 4.75. The van der Waals surface area contributed by atoms with Gasteiger partial charge < -0.3 is 0 Å². The molecule has 1 atom stereocenters. The van der Waals surface area contributed by atoms with E-state index in [1.165, 1.54) is 12.1 Å². The zero-order valence-electron chi connectivity index (χ0n) is 11.4. The van der Waals surface area contributed by atoms with Crippen molar-refractivity contribution < 1.29 is 13.2 Å². The molecule has 0 nitrogen and oxygen atoms in total. The van der Waals surface area contributed by atoms with E-state index in [0.29, 0.717) is 5.02 Å². The van der Waals surface area contributed by atoms with Gasteiger partial charge in [-0.25, -0.2) is 0 Å². The van der Waals surface area contributed by atoms with Crippen molar-refractivity contribution in [3.05, 3.63) is 69.2 Å². The van der Waals surface area contributed by atoms with Crippen molar-refractivity contribution in [3.8, 4) is 0 Å². The quantitative estimate of drug-likeness (QED) is 0.527. The standard InChI is InChI=1S/C16H13BrClF3/c1-9-8-14(18)10(2)7-12(9)15(17)11-5-3-4-6-13(11)16(19,20)21/h3-8,15H,1-2H3. The number of aryl methyl sites for hydroxylation is 2. The van der Waals surface area contributed by atoms with Crippen molar-refractivity contribution in [2.24, 2.45) is 0 Å². The summed E-state index contributed by atoms with van der Waals surface area (Å²) in [7, 11) is 0. The number of alkyl halides is 4. The zero-order valence-corrected chi connectivity index (χ0v) is 13.8. The highest BCUT2D eigenvalue weighted by Gasteiger charge is 2.35. The summed E-state index contributed by atoms with van der Waals surface area (Å²) in [5, 5.41) is 0.611. The fraction of sp³-hybridized carbons (Fsp3) is 0.250. The van der Waals surface area contributed by atoms with Crippen LogP contribution in [0.15, 0.2) is 36.4 Å². The van der Waals surface area contributed by atoms with Crippen LogP contribution in [0.2, 0.25) is 5.02 Å². The first-order valence-electron chi connectivity index (χ1n) is 6.28. The summed E-state index contributed by atoms with van der Waals surface area (Å²) in [6, 6.07) is 9.19. The maximum absolute atomic E-state index is 13.1. The van der Waals surface area contributed by atoms with E-state index in [1.807, 2.05) is 19.9 Å². The van der Waals surface area contributed by atoms with Gasteiger partial charge in [0, 0.05) is 5.02 Å². The smallest absolute Gasteiger partial charge is 0.166 e. The van der Waals surface area contributed by atoms with E-state index >= 15 is 0 Å². The monoisotopic (exact) mass is 376 g/mol. The van der Waals surface area contributed by atoms with Crippen LogP contribution in [0.3, 0.4) is 0 Å². The molecule has 0 aliphatic carbocycles. The predicted octanol–water partition coefficient (Wildman–Crippen LogP) is 6.46. The van der Waals surface area contributed by atoms with Gasteiger partial charge >= 0.3 is 6.18 Å². The molecule has 0 aromatic heterocycles. The molecule has 112 valence electrons. The number of rotatable bonds is 2. The summed E-state index contributed by atoms with van der Waals surface area (Å²) in [5.41, 5.74) is 2.05. The summed E-state index contributed by atoms with van der Waals surface area (Å²) in [5.74, 6) is 0. The molecular weight excluding hydrogens is 365 g/mol. The Morgan fingerprint density at radius 2 is 1.62 bits per heavy atom. The van der Waals surface area contributed by atoms with Crippen LogP contribution in [-0.2, 0) is 6.18 Å². The van der Waals surface area contributed by atoms with Crippen LogP contribution < -0.4 is 0 Å². The molecule has 0 aliphatic rings. The van der Waals surface area contributed by atoms with Crippen LogP contribution in [0.25, 0.3) is 0 Å². The molecule has 0 radical (unpaired) electrons. The number of benzene rings is 2. The van der Waals surface area contributed by atoms with Gasteiger partial charge in [0.25, 0.3) is 0 Å². The Morgan fingerprint density at radius 3 is 2.24 bits per heavy atom. The van der Waals surface area contributed by atoms with Crippen molar-refractivity contribution in [2.75, 3.05) is 0 Å². The van der Waals surface area contributed by atoms with Crippen LogP contribution in [-0.4, -0.2) is 0 Å². The lowest BCUT2D eigenvalue weighted by Gasteiger charge is -2.19. The van der Waals surface area contributed by atoms with Gasteiger partial charge in [-0.05, 0) is 48.2 Å². The second-order valence-corrected chi connectivity index (χ2v) is 6.23. The Bertz CT molecular complexity index is 665. The summed E-state index contributed by atoms with van der Waals surface area (Å²) in [4.78, 5) is -0.536. The predicted molar refractivity (Wildman–Crippen MR) is 83.1 cm³/mol. The van der Waals surface area contributed by atoms with Gasteiger partial charge in [0.1, 0.15) is 0 Å². The van der Waals surface area contributed by atoms with Gasteiger partial charge in [-0.15, -0.1) is 0 Å². The lowest BCUT2D eigenvalue weighted by Crippen LogP contribution is -2.11. The minimum atomic E-state index is -4.38. The van der Waals surface area contributed by atoms with Crippen LogP contribution >= 0.6 is 27.5 Å². The third kappa shape index (κ3) is 3.43. The summed E-state index contributed by atoms with van der Waals surface area (Å²) < 4.78 is 39.4. The first kappa shape index (κ1) is 16.4. The maximum atomic E-state index is 13.1. The lowest BCUT2D eigenvalue weighted by molar-refractivity contribution is -0.138. The summed E-state index contributed by atoms with van der Waals surface area (Å²) >= 11 is 9.45.